The Morgan fingerprint density at radius 2 is 1.86 bits per heavy atom. The van der Waals surface area contributed by atoms with E-state index in [4.69, 9.17) is 0 Å². The molecule has 3 aromatic heterocycles. The van der Waals surface area contributed by atoms with Crippen molar-refractivity contribution in [2.75, 3.05) is 5.32 Å². The van der Waals surface area contributed by atoms with Crippen LogP contribution < -0.4 is 11.0 Å². The molecule has 0 saturated heterocycles. The number of hydrogen-bond donors (Lipinski definition) is 1. The number of amides is 1. The van der Waals surface area contributed by atoms with Gasteiger partial charge in [-0.05, 0) is 29.3 Å². The van der Waals surface area contributed by atoms with Gasteiger partial charge in [0.15, 0.2) is 5.82 Å². The Hall–Kier alpha value is -4.08. The summed E-state index contributed by atoms with van der Waals surface area (Å²) in [7, 11) is 0. The number of pyridine rings is 1. The summed E-state index contributed by atoms with van der Waals surface area (Å²) in [5.41, 5.74) is 1.23. The van der Waals surface area contributed by atoms with Crippen LogP contribution in [0.1, 0.15) is 11.1 Å². The maximum atomic E-state index is 13.1. The molecule has 29 heavy (non-hydrogen) atoms. The van der Waals surface area contributed by atoms with E-state index < -0.39 is 0 Å². The first kappa shape index (κ1) is 18.3. The number of benzene rings is 1. The van der Waals surface area contributed by atoms with Crippen LogP contribution in [0, 0.1) is 5.82 Å². The van der Waals surface area contributed by atoms with Crippen LogP contribution in [0.4, 0.5) is 10.2 Å². The molecule has 0 aliphatic heterocycles. The van der Waals surface area contributed by atoms with Crippen molar-refractivity contribution < 1.29 is 9.18 Å². The fourth-order valence-corrected chi connectivity index (χ4v) is 2.88. The van der Waals surface area contributed by atoms with Gasteiger partial charge in [-0.3, -0.25) is 9.78 Å². The topological polar surface area (TPSA) is 99.6 Å². The summed E-state index contributed by atoms with van der Waals surface area (Å²) in [5.74, 6) is 0.395. The quantitative estimate of drug-likeness (QED) is 0.479. The second-order valence-corrected chi connectivity index (χ2v) is 6.24. The van der Waals surface area contributed by atoms with Gasteiger partial charge in [-0.25, -0.2) is 23.1 Å². The third-order valence-corrected chi connectivity index (χ3v) is 4.25. The summed E-state index contributed by atoms with van der Waals surface area (Å²) in [6, 6.07) is 11.1. The van der Waals surface area contributed by atoms with Gasteiger partial charge < -0.3 is 5.32 Å². The number of aromatic nitrogens is 6. The predicted molar refractivity (Wildman–Crippen MR) is 102 cm³/mol. The summed E-state index contributed by atoms with van der Waals surface area (Å²) in [6.45, 7) is 0.543. The molecule has 0 unspecified atom stereocenters. The number of nitrogens with one attached hydrogen (secondary N) is 1. The molecule has 1 N–H and O–H groups in total. The van der Waals surface area contributed by atoms with Gasteiger partial charge in [0.25, 0.3) is 0 Å². The lowest BCUT2D eigenvalue weighted by atomic mass is 10.2. The molecule has 0 atom stereocenters. The average molecular weight is 393 g/mol. The maximum absolute atomic E-state index is 13.1. The molecular weight excluding hydrogens is 377 g/mol. The largest absolute Gasteiger partial charge is 0.351 e. The Balaban J connectivity index is 1.68. The molecule has 0 saturated carbocycles. The Bertz CT molecular complexity index is 1180. The Labute approximate surface area is 164 Å². The molecule has 0 fully saturated rings. The van der Waals surface area contributed by atoms with Gasteiger partial charge in [-0.1, -0.05) is 18.2 Å². The van der Waals surface area contributed by atoms with Crippen molar-refractivity contribution in [1.82, 2.24) is 29.1 Å². The van der Waals surface area contributed by atoms with Crippen molar-refractivity contribution in [3.63, 3.8) is 0 Å². The lowest BCUT2D eigenvalue weighted by Crippen LogP contribution is -2.26. The molecule has 0 bridgehead atoms. The lowest BCUT2D eigenvalue weighted by molar-refractivity contribution is -0.105. The third-order valence-electron chi connectivity index (χ3n) is 4.25. The van der Waals surface area contributed by atoms with Crippen molar-refractivity contribution >= 4 is 12.2 Å². The van der Waals surface area contributed by atoms with E-state index in [1.807, 2.05) is 6.07 Å². The minimum Gasteiger partial charge on any atom is -0.312 e. The van der Waals surface area contributed by atoms with Crippen LogP contribution >= 0.6 is 0 Å². The van der Waals surface area contributed by atoms with Gasteiger partial charge in [0, 0.05) is 18.5 Å². The molecule has 146 valence electrons. The van der Waals surface area contributed by atoms with Crippen LogP contribution in [-0.2, 0) is 17.9 Å². The fraction of sp³-hybridized carbons (Fsp3) is 0.105. The maximum Gasteiger partial charge on any atom is 0.351 e. The Morgan fingerprint density at radius 3 is 2.59 bits per heavy atom. The number of rotatable bonds is 7. The monoisotopic (exact) mass is 393 g/mol. The lowest BCUT2D eigenvalue weighted by Gasteiger charge is -2.06. The number of carbonyl (C=O) groups is 1. The second-order valence-electron chi connectivity index (χ2n) is 6.24. The van der Waals surface area contributed by atoms with Gasteiger partial charge >= 0.3 is 5.69 Å². The number of carbonyl (C=O) groups excluding carboxylic acids is 1. The molecule has 1 amide bonds. The molecule has 0 aliphatic rings. The second kappa shape index (κ2) is 7.89. The highest BCUT2D eigenvalue weighted by molar-refractivity contribution is 5.69. The average Bonchev–Trinajstić information content (AvgIpc) is 3.28. The van der Waals surface area contributed by atoms with E-state index in [0.29, 0.717) is 24.6 Å². The molecular formula is C19H16FN7O2. The molecule has 1 aromatic carbocycles. The fourth-order valence-electron chi connectivity index (χ4n) is 2.88. The molecule has 3 heterocycles. The zero-order chi connectivity index (χ0) is 20.2. The summed E-state index contributed by atoms with van der Waals surface area (Å²) in [6.07, 6.45) is 5.25. The zero-order valence-corrected chi connectivity index (χ0v) is 15.1. The number of halogens is 1. The van der Waals surface area contributed by atoms with Crippen molar-refractivity contribution in [2.45, 2.75) is 13.1 Å². The number of nitrogens with zero attached hydrogens (tertiary/aromatic N) is 6. The van der Waals surface area contributed by atoms with E-state index in [-0.39, 0.29) is 18.1 Å². The predicted octanol–water partition coefficient (Wildman–Crippen LogP) is 1.43. The van der Waals surface area contributed by atoms with E-state index in [2.05, 4.69) is 20.5 Å². The van der Waals surface area contributed by atoms with Gasteiger partial charge in [-0.2, -0.15) is 10.2 Å². The molecule has 10 heteroatoms. The number of anilines is 1. The smallest absolute Gasteiger partial charge is 0.312 e. The van der Waals surface area contributed by atoms with Crippen LogP contribution in [0.2, 0.25) is 0 Å². The van der Waals surface area contributed by atoms with E-state index in [1.165, 1.54) is 27.7 Å². The van der Waals surface area contributed by atoms with Crippen LogP contribution in [0.25, 0.3) is 5.82 Å². The Morgan fingerprint density at radius 1 is 1.07 bits per heavy atom. The van der Waals surface area contributed by atoms with E-state index in [0.717, 1.165) is 11.1 Å². The van der Waals surface area contributed by atoms with Crippen LogP contribution in [0.15, 0.2) is 66.0 Å². The first-order chi connectivity index (χ1) is 14.1. The molecule has 0 spiro atoms. The molecule has 0 radical (unpaired) electrons. The van der Waals surface area contributed by atoms with Crippen molar-refractivity contribution in [3.8, 4) is 5.82 Å². The van der Waals surface area contributed by atoms with Gasteiger partial charge in [0.2, 0.25) is 6.41 Å². The molecule has 4 rings (SSSR count). The van der Waals surface area contributed by atoms with Gasteiger partial charge in [0.1, 0.15) is 18.0 Å². The van der Waals surface area contributed by atoms with E-state index in [1.54, 1.807) is 41.3 Å². The highest BCUT2D eigenvalue weighted by atomic mass is 19.1. The third kappa shape index (κ3) is 3.95. The Kier molecular flexibility index (Phi) is 4.97. The normalized spacial score (nSPS) is 10.8. The summed E-state index contributed by atoms with van der Waals surface area (Å²) in [4.78, 5) is 27.7. The molecule has 4 aromatic rings. The minimum absolute atomic E-state index is 0.197. The van der Waals surface area contributed by atoms with Crippen molar-refractivity contribution in [1.29, 1.82) is 0 Å². The summed E-state index contributed by atoms with van der Waals surface area (Å²) >= 11 is 0. The first-order valence-electron chi connectivity index (χ1n) is 8.70. The van der Waals surface area contributed by atoms with E-state index >= 15 is 0 Å². The van der Waals surface area contributed by atoms with Crippen LogP contribution in [0.5, 0.6) is 0 Å². The van der Waals surface area contributed by atoms with Crippen molar-refractivity contribution in [2.24, 2.45) is 0 Å². The number of hydrogen-bond acceptors (Lipinski definition) is 5. The zero-order valence-electron chi connectivity index (χ0n) is 15.1. The van der Waals surface area contributed by atoms with Crippen molar-refractivity contribution in [3.05, 3.63) is 88.6 Å². The minimum atomic E-state index is -0.390. The van der Waals surface area contributed by atoms with Crippen LogP contribution in [0.3, 0.4) is 0 Å². The van der Waals surface area contributed by atoms with E-state index in [9.17, 15) is 14.0 Å². The summed E-state index contributed by atoms with van der Waals surface area (Å²) in [5, 5.41) is 11.0. The highest BCUT2D eigenvalue weighted by Crippen LogP contribution is 2.14. The first-order valence-corrected chi connectivity index (χ1v) is 8.70. The molecule has 9 nitrogen and oxygen atoms in total. The van der Waals surface area contributed by atoms with Gasteiger partial charge in [-0.15, -0.1) is 0 Å². The highest BCUT2D eigenvalue weighted by Gasteiger charge is 2.15. The summed E-state index contributed by atoms with van der Waals surface area (Å²) < 4.78 is 17.3. The molecule has 0 aliphatic carbocycles. The van der Waals surface area contributed by atoms with Gasteiger partial charge in [0.05, 0.1) is 13.1 Å². The standard InChI is InChI=1S/C19H16FN7O2/c20-16-5-3-14(4-6-16)10-27-19(29)25(12-23-27)18-8-17(22-13-28)24-26(18)11-15-2-1-7-21-9-15/h1-9,12-13H,10-11H2,(H,22,24,28). The SMILES string of the molecule is O=CNc1cc(-n2cnn(Cc3ccc(F)cc3)c2=O)n(Cc2cccnc2)n1. The van der Waals surface area contributed by atoms with Crippen LogP contribution in [-0.4, -0.2) is 35.5 Å².